The molecule has 0 unspecified atom stereocenters. The van der Waals surface area contributed by atoms with Gasteiger partial charge in [0.25, 0.3) is 0 Å². The molecule has 1 fully saturated rings. The van der Waals surface area contributed by atoms with Crippen LogP contribution >= 0.6 is 0 Å². The van der Waals surface area contributed by atoms with Crippen molar-refractivity contribution >= 4 is 5.97 Å². The van der Waals surface area contributed by atoms with Gasteiger partial charge >= 0.3 is 5.97 Å². The summed E-state index contributed by atoms with van der Waals surface area (Å²) in [5, 5.41) is 0. The molecule has 86 valence electrons. The van der Waals surface area contributed by atoms with E-state index in [9.17, 15) is 4.79 Å². The van der Waals surface area contributed by atoms with E-state index in [-0.39, 0.29) is 12.1 Å². The van der Waals surface area contributed by atoms with Gasteiger partial charge in [0, 0.05) is 6.54 Å². The van der Waals surface area contributed by atoms with Gasteiger partial charge in [-0.2, -0.15) is 0 Å². The van der Waals surface area contributed by atoms with E-state index in [1.165, 1.54) is 6.42 Å². The van der Waals surface area contributed by atoms with Crippen molar-refractivity contribution in [1.82, 2.24) is 0 Å². The molecule has 0 atom stereocenters. The van der Waals surface area contributed by atoms with Gasteiger partial charge in [-0.1, -0.05) is 24.3 Å². The number of hydrogen-bond acceptors (Lipinski definition) is 3. The first kappa shape index (κ1) is 11.1. The van der Waals surface area contributed by atoms with Crippen LogP contribution in [0.3, 0.4) is 0 Å². The molecule has 16 heavy (non-hydrogen) atoms. The lowest BCUT2D eigenvalue weighted by Gasteiger charge is -2.25. The number of nitrogens with two attached hydrogens (primary N) is 1. The second-order valence-corrected chi connectivity index (χ2v) is 4.19. The van der Waals surface area contributed by atoms with Crippen LogP contribution in [-0.4, -0.2) is 12.1 Å². The maximum atomic E-state index is 11.6. The Labute approximate surface area is 95.6 Å². The molecule has 0 radical (unpaired) electrons. The highest BCUT2D eigenvalue weighted by molar-refractivity contribution is 5.73. The monoisotopic (exact) mass is 219 g/mol. The van der Waals surface area contributed by atoms with Gasteiger partial charge in [0.2, 0.25) is 0 Å². The fraction of sp³-hybridized carbons (Fsp3) is 0.462. The lowest BCUT2D eigenvalue weighted by Crippen LogP contribution is -2.26. The fourth-order valence-electron chi connectivity index (χ4n) is 1.80. The molecule has 0 saturated heterocycles. The Bertz CT molecular complexity index is 372. The molecule has 1 aliphatic carbocycles. The Hall–Kier alpha value is -1.35. The van der Waals surface area contributed by atoms with Crippen LogP contribution in [0, 0.1) is 0 Å². The number of rotatable bonds is 4. The lowest BCUT2D eigenvalue weighted by molar-refractivity contribution is -0.152. The summed E-state index contributed by atoms with van der Waals surface area (Å²) in [7, 11) is 0. The average molecular weight is 219 g/mol. The van der Waals surface area contributed by atoms with Crippen LogP contribution in [0.2, 0.25) is 0 Å². The van der Waals surface area contributed by atoms with Crippen LogP contribution in [0.5, 0.6) is 0 Å². The van der Waals surface area contributed by atoms with Crippen LogP contribution in [-0.2, 0) is 22.5 Å². The third-order valence-electron chi connectivity index (χ3n) is 3.02. The summed E-state index contributed by atoms with van der Waals surface area (Å²) in [5.41, 5.74) is 7.62. The molecule has 1 aromatic rings. The van der Waals surface area contributed by atoms with E-state index < -0.39 is 0 Å². The van der Waals surface area contributed by atoms with Crippen LogP contribution in [0.15, 0.2) is 24.3 Å². The van der Waals surface area contributed by atoms with Gasteiger partial charge in [-0.3, -0.25) is 4.79 Å². The molecule has 0 spiro atoms. The second kappa shape index (κ2) is 5.12. The van der Waals surface area contributed by atoms with Crippen molar-refractivity contribution in [3.8, 4) is 0 Å². The maximum absolute atomic E-state index is 11.6. The quantitative estimate of drug-likeness (QED) is 0.785. The molecule has 3 nitrogen and oxygen atoms in total. The highest BCUT2D eigenvalue weighted by atomic mass is 16.5. The molecule has 2 N–H and O–H groups in total. The van der Waals surface area contributed by atoms with Crippen molar-refractivity contribution in [2.75, 3.05) is 0 Å². The number of benzene rings is 1. The summed E-state index contributed by atoms with van der Waals surface area (Å²) in [6.07, 6.45) is 3.72. The van der Waals surface area contributed by atoms with E-state index in [1.54, 1.807) is 0 Å². The van der Waals surface area contributed by atoms with Gasteiger partial charge in [-0.05, 0) is 30.4 Å². The normalized spacial score (nSPS) is 15.6. The predicted molar refractivity (Wildman–Crippen MR) is 61.8 cm³/mol. The first-order valence-electron chi connectivity index (χ1n) is 5.76. The number of ether oxygens (including phenoxy) is 1. The summed E-state index contributed by atoms with van der Waals surface area (Å²) in [6, 6.07) is 7.74. The molecule has 1 saturated carbocycles. The minimum atomic E-state index is -0.134. The van der Waals surface area contributed by atoms with Gasteiger partial charge in [-0.25, -0.2) is 0 Å². The largest absolute Gasteiger partial charge is 0.462 e. The Kier molecular flexibility index (Phi) is 3.57. The summed E-state index contributed by atoms with van der Waals surface area (Å²) in [5.74, 6) is -0.134. The van der Waals surface area contributed by atoms with E-state index in [1.807, 2.05) is 24.3 Å². The Balaban J connectivity index is 1.94. The van der Waals surface area contributed by atoms with Gasteiger partial charge in [0.15, 0.2) is 0 Å². The van der Waals surface area contributed by atoms with Crippen molar-refractivity contribution in [2.24, 2.45) is 5.73 Å². The summed E-state index contributed by atoms with van der Waals surface area (Å²) >= 11 is 0. The third kappa shape index (κ3) is 2.61. The standard InChI is InChI=1S/C13H17NO2/c14-9-11-5-2-1-4-10(11)8-13(15)16-12-6-3-7-12/h1-2,4-5,12H,3,6-9,14H2. The van der Waals surface area contributed by atoms with Crippen LogP contribution < -0.4 is 5.73 Å². The van der Waals surface area contributed by atoms with Gasteiger partial charge in [0.05, 0.1) is 6.42 Å². The molecule has 0 bridgehead atoms. The first-order valence-corrected chi connectivity index (χ1v) is 5.76. The van der Waals surface area contributed by atoms with Crippen LogP contribution in [0.25, 0.3) is 0 Å². The predicted octanol–water partition coefficient (Wildman–Crippen LogP) is 1.78. The summed E-state index contributed by atoms with van der Waals surface area (Å²) in [6.45, 7) is 0.465. The summed E-state index contributed by atoms with van der Waals surface area (Å²) < 4.78 is 5.31. The zero-order chi connectivity index (χ0) is 11.4. The first-order chi connectivity index (χ1) is 7.79. The molecule has 1 aromatic carbocycles. The molecule has 0 heterocycles. The Morgan fingerprint density at radius 3 is 2.56 bits per heavy atom. The van der Waals surface area contributed by atoms with Crippen LogP contribution in [0.1, 0.15) is 30.4 Å². The number of esters is 1. The fourth-order valence-corrected chi connectivity index (χ4v) is 1.80. The number of carbonyl (C=O) groups excluding carboxylic acids is 1. The minimum absolute atomic E-state index is 0.134. The molecule has 2 rings (SSSR count). The van der Waals surface area contributed by atoms with E-state index in [0.29, 0.717) is 13.0 Å². The van der Waals surface area contributed by atoms with E-state index >= 15 is 0 Å². The molecule has 0 aliphatic heterocycles. The lowest BCUT2D eigenvalue weighted by atomic mass is 9.96. The van der Waals surface area contributed by atoms with Gasteiger partial charge < -0.3 is 10.5 Å². The SMILES string of the molecule is NCc1ccccc1CC(=O)OC1CCC1. The Morgan fingerprint density at radius 2 is 2.00 bits per heavy atom. The molecule has 3 heteroatoms. The summed E-state index contributed by atoms with van der Waals surface area (Å²) in [4.78, 5) is 11.6. The van der Waals surface area contributed by atoms with Crippen molar-refractivity contribution < 1.29 is 9.53 Å². The zero-order valence-corrected chi connectivity index (χ0v) is 9.32. The Morgan fingerprint density at radius 1 is 1.31 bits per heavy atom. The van der Waals surface area contributed by atoms with Crippen LogP contribution in [0.4, 0.5) is 0 Å². The topological polar surface area (TPSA) is 52.3 Å². The third-order valence-corrected chi connectivity index (χ3v) is 3.02. The van der Waals surface area contributed by atoms with Crippen molar-refractivity contribution in [2.45, 2.75) is 38.3 Å². The second-order valence-electron chi connectivity index (χ2n) is 4.19. The highest BCUT2D eigenvalue weighted by Crippen LogP contribution is 2.22. The van der Waals surface area contributed by atoms with Crippen molar-refractivity contribution in [1.29, 1.82) is 0 Å². The van der Waals surface area contributed by atoms with E-state index in [2.05, 4.69) is 0 Å². The van der Waals surface area contributed by atoms with Crippen molar-refractivity contribution in [3.05, 3.63) is 35.4 Å². The maximum Gasteiger partial charge on any atom is 0.310 e. The molecular formula is C13H17NO2. The van der Waals surface area contributed by atoms with E-state index in [4.69, 9.17) is 10.5 Å². The highest BCUT2D eigenvalue weighted by Gasteiger charge is 2.21. The average Bonchev–Trinajstić information content (AvgIpc) is 2.24. The minimum Gasteiger partial charge on any atom is -0.462 e. The zero-order valence-electron chi connectivity index (χ0n) is 9.32. The smallest absolute Gasteiger partial charge is 0.310 e. The molecule has 0 amide bonds. The van der Waals surface area contributed by atoms with Gasteiger partial charge in [0.1, 0.15) is 6.10 Å². The molecular weight excluding hydrogens is 202 g/mol. The van der Waals surface area contributed by atoms with E-state index in [0.717, 1.165) is 24.0 Å². The van der Waals surface area contributed by atoms with Crippen molar-refractivity contribution in [3.63, 3.8) is 0 Å². The number of carbonyl (C=O) groups is 1. The number of hydrogen-bond donors (Lipinski definition) is 1. The molecule has 0 aromatic heterocycles. The van der Waals surface area contributed by atoms with Gasteiger partial charge in [-0.15, -0.1) is 0 Å². The molecule has 1 aliphatic rings.